The van der Waals surface area contributed by atoms with Crippen molar-refractivity contribution < 1.29 is 12.8 Å². The third-order valence-electron chi connectivity index (χ3n) is 1.91. The van der Waals surface area contributed by atoms with E-state index in [4.69, 9.17) is 27.6 Å². The molecule has 0 bridgehead atoms. The zero-order valence-electron chi connectivity index (χ0n) is 8.52. The molecule has 0 aliphatic rings. The summed E-state index contributed by atoms with van der Waals surface area (Å²) in [5.41, 5.74) is 0.390. The highest BCUT2D eigenvalue weighted by Crippen LogP contribution is 2.32. The quantitative estimate of drug-likeness (QED) is 0.850. The van der Waals surface area contributed by atoms with Gasteiger partial charge in [-0.05, 0) is 12.1 Å². The summed E-state index contributed by atoms with van der Waals surface area (Å²) < 4.78 is 27.4. The summed E-state index contributed by atoms with van der Waals surface area (Å²) in [6.07, 6.45) is 0.976. The van der Waals surface area contributed by atoms with Crippen LogP contribution in [0.25, 0.3) is 11.5 Å². The van der Waals surface area contributed by atoms with Crippen molar-refractivity contribution in [2.45, 2.75) is 5.22 Å². The number of aromatic nitrogens is 2. The molecule has 0 amide bonds. The minimum atomic E-state index is -3.53. The molecule has 0 saturated carbocycles. The molecule has 2 aromatic rings. The van der Waals surface area contributed by atoms with Crippen LogP contribution in [0.5, 0.6) is 0 Å². The maximum atomic E-state index is 11.2. The van der Waals surface area contributed by atoms with Gasteiger partial charge in [-0.1, -0.05) is 34.4 Å². The van der Waals surface area contributed by atoms with Crippen LogP contribution in [-0.2, 0) is 9.84 Å². The monoisotopic (exact) mass is 292 g/mol. The lowest BCUT2D eigenvalue weighted by atomic mass is 10.2. The number of halogens is 2. The van der Waals surface area contributed by atoms with E-state index in [1.807, 2.05) is 0 Å². The van der Waals surface area contributed by atoms with Crippen molar-refractivity contribution in [2.75, 3.05) is 6.26 Å². The second kappa shape index (κ2) is 4.29. The number of benzene rings is 1. The molecule has 17 heavy (non-hydrogen) atoms. The highest BCUT2D eigenvalue weighted by Gasteiger charge is 2.19. The fraction of sp³-hybridized carbons (Fsp3) is 0.111. The number of nitrogens with zero attached hydrogens (tertiary/aromatic N) is 2. The average Bonchev–Trinajstić information content (AvgIpc) is 2.70. The normalized spacial score (nSPS) is 11.7. The predicted molar refractivity (Wildman–Crippen MR) is 62.9 cm³/mol. The molecule has 90 valence electrons. The summed E-state index contributed by atoms with van der Waals surface area (Å²) >= 11 is 11.8. The van der Waals surface area contributed by atoms with Crippen LogP contribution in [0.3, 0.4) is 0 Å². The summed E-state index contributed by atoms with van der Waals surface area (Å²) in [5.74, 6) is 0.0120. The minimum Gasteiger partial charge on any atom is -0.408 e. The van der Waals surface area contributed by atoms with Crippen molar-refractivity contribution in [3.05, 3.63) is 28.2 Å². The first-order valence-electron chi connectivity index (χ1n) is 4.37. The van der Waals surface area contributed by atoms with E-state index in [0.717, 1.165) is 6.26 Å². The summed E-state index contributed by atoms with van der Waals surface area (Å²) in [6, 6.07) is 4.85. The Morgan fingerprint density at radius 3 is 2.53 bits per heavy atom. The zero-order valence-corrected chi connectivity index (χ0v) is 10.8. The molecular weight excluding hydrogens is 287 g/mol. The Morgan fingerprint density at radius 2 is 1.94 bits per heavy atom. The van der Waals surface area contributed by atoms with E-state index >= 15 is 0 Å². The van der Waals surface area contributed by atoms with Crippen molar-refractivity contribution in [1.29, 1.82) is 0 Å². The van der Waals surface area contributed by atoms with Gasteiger partial charge in [-0.2, -0.15) is 0 Å². The Labute approximate surface area is 107 Å². The average molecular weight is 293 g/mol. The first-order valence-corrected chi connectivity index (χ1v) is 7.02. The van der Waals surface area contributed by atoms with E-state index in [9.17, 15) is 8.42 Å². The molecule has 8 heteroatoms. The molecule has 5 nitrogen and oxygen atoms in total. The van der Waals surface area contributed by atoms with Gasteiger partial charge in [0.05, 0.1) is 15.6 Å². The second-order valence-electron chi connectivity index (χ2n) is 3.25. The molecule has 0 atom stereocenters. The van der Waals surface area contributed by atoms with Crippen LogP contribution in [0.1, 0.15) is 0 Å². The third kappa shape index (κ3) is 2.43. The topological polar surface area (TPSA) is 73.1 Å². The van der Waals surface area contributed by atoms with Crippen LogP contribution < -0.4 is 0 Å². The molecule has 0 N–H and O–H groups in total. The van der Waals surface area contributed by atoms with Crippen LogP contribution in [0.15, 0.2) is 27.8 Å². The largest absolute Gasteiger partial charge is 0.408 e. The van der Waals surface area contributed by atoms with Gasteiger partial charge in [-0.3, -0.25) is 0 Å². The molecule has 0 fully saturated rings. The Balaban J connectivity index is 2.55. The van der Waals surface area contributed by atoms with Crippen LogP contribution in [0.4, 0.5) is 0 Å². The molecule has 1 aromatic heterocycles. The van der Waals surface area contributed by atoms with Gasteiger partial charge in [-0.15, -0.1) is 5.10 Å². The van der Waals surface area contributed by atoms with E-state index in [1.54, 1.807) is 18.2 Å². The van der Waals surface area contributed by atoms with E-state index in [2.05, 4.69) is 10.2 Å². The van der Waals surface area contributed by atoms with E-state index in [1.165, 1.54) is 0 Å². The lowest BCUT2D eigenvalue weighted by Crippen LogP contribution is -1.96. The lowest BCUT2D eigenvalue weighted by Gasteiger charge is -1.99. The molecular formula is C9H6Cl2N2O3S. The van der Waals surface area contributed by atoms with Gasteiger partial charge in [0.2, 0.25) is 15.7 Å². The highest BCUT2D eigenvalue weighted by molar-refractivity contribution is 7.90. The summed E-state index contributed by atoms with van der Waals surface area (Å²) in [4.78, 5) is 0. The number of rotatable bonds is 2. The third-order valence-corrected chi connectivity index (χ3v) is 3.52. The van der Waals surface area contributed by atoms with Gasteiger partial charge >= 0.3 is 5.22 Å². The van der Waals surface area contributed by atoms with Gasteiger partial charge in [0, 0.05) is 6.26 Å². The standard InChI is InChI=1S/C9H6Cl2N2O3S/c1-17(14,15)9-13-12-8(16-9)5-3-2-4-6(10)7(5)11/h2-4H,1H3. The Morgan fingerprint density at radius 1 is 1.24 bits per heavy atom. The fourth-order valence-electron chi connectivity index (χ4n) is 1.14. The Bertz CT molecular complexity index is 667. The Hall–Kier alpha value is -1.11. The van der Waals surface area contributed by atoms with Crippen LogP contribution in [0, 0.1) is 0 Å². The lowest BCUT2D eigenvalue weighted by molar-refractivity contribution is 0.442. The first kappa shape index (κ1) is 12.3. The Kier molecular flexibility index (Phi) is 3.11. The molecule has 0 unspecified atom stereocenters. The molecule has 0 aliphatic carbocycles. The highest BCUT2D eigenvalue weighted by atomic mass is 35.5. The molecule has 0 spiro atoms. The van der Waals surface area contributed by atoms with Crippen molar-refractivity contribution >= 4 is 33.0 Å². The number of hydrogen-bond donors (Lipinski definition) is 0. The van der Waals surface area contributed by atoms with E-state index in [0.29, 0.717) is 10.6 Å². The molecule has 1 heterocycles. The summed E-state index contributed by atoms with van der Waals surface area (Å²) in [5, 5.41) is 7.15. The maximum absolute atomic E-state index is 11.2. The van der Waals surface area contributed by atoms with Gasteiger partial charge in [0.15, 0.2) is 0 Å². The van der Waals surface area contributed by atoms with Gasteiger partial charge in [-0.25, -0.2) is 8.42 Å². The maximum Gasteiger partial charge on any atom is 0.335 e. The SMILES string of the molecule is CS(=O)(=O)c1nnc(-c2cccc(Cl)c2Cl)o1. The first-order chi connectivity index (χ1) is 7.89. The fourth-order valence-corrected chi connectivity index (χ4v) is 1.94. The van der Waals surface area contributed by atoms with E-state index < -0.39 is 15.1 Å². The minimum absolute atomic E-state index is 0.0120. The van der Waals surface area contributed by atoms with Gasteiger partial charge in [0.25, 0.3) is 0 Å². The van der Waals surface area contributed by atoms with Gasteiger partial charge < -0.3 is 4.42 Å². The summed E-state index contributed by atoms with van der Waals surface area (Å²) in [6.45, 7) is 0. The molecule has 0 saturated heterocycles. The number of hydrogen-bond acceptors (Lipinski definition) is 5. The molecule has 0 radical (unpaired) electrons. The number of sulfone groups is 1. The molecule has 0 aliphatic heterocycles. The van der Waals surface area contributed by atoms with Crippen LogP contribution in [-0.4, -0.2) is 24.9 Å². The van der Waals surface area contributed by atoms with E-state index in [-0.39, 0.29) is 10.9 Å². The van der Waals surface area contributed by atoms with Crippen molar-refractivity contribution in [1.82, 2.24) is 10.2 Å². The van der Waals surface area contributed by atoms with Crippen molar-refractivity contribution in [3.63, 3.8) is 0 Å². The molecule has 1 aromatic carbocycles. The predicted octanol–water partition coefficient (Wildman–Crippen LogP) is 2.45. The second-order valence-corrected chi connectivity index (χ2v) is 5.93. The smallest absolute Gasteiger partial charge is 0.335 e. The van der Waals surface area contributed by atoms with Gasteiger partial charge in [0.1, 0.15) is 0 Å². The van der Waals surface area contributed by atoms with Crippen LogP contribution in [0.2, 0.25) is 10.0 Å². The molecule has 2 rings (SSSR count). The van der Waals surface area contributed by atoms with Crippen molar-refractivity contribution in [3.8, 4) is 11.5 Å². The zero-order chi connectivity index (χ0) is 12.6. The van der Waals surface area contributed by atoms with Crippen molar-refractivity contribution in [2.24, 2.45) is 0 Å². The summed E-state index contributed by atoms with van der Waals surface area (Å²) in [7, 11) is -3.53. The van der Waals surface area contributed by atoms with Crippen LogP contribution >= 0.6 is 23.2 Å².